The highest BCUT2D eigenvalue weighted by Crippen LogP contribution is 2.51. The van der Waals surface area contributed by atoms with Crippen LogP contribution in [-0.2, 0) is 19.2 Å². The fraction of sp³-hybridized carbons (Fsp3) is 0.423. The maximum Gasteiger partial charge on any atom is 0.434 e. The minimum Gasteiger partial charge on any atom is -0.390 e. The molecule has 0 amide bonds. The molecule has 36 heavy (non-hydrogen) atoms. The van der Waals surface area contributed by atoms with E-state index in [9.17, 15) is 18.3 Å². The van der Waals surface area contributed by atoms with Crippen LogP contribution in [0.25, 0.3) is 11.3 Å². The Morgan fingerprint density at radius 3 is 2.56 bits per heavy atom. The zero-order chi connectivity index (χ0) is 25.8. The van der Waals surface area contributed by atoms with Gasteiger partial charge in [-0.1, -0.05) is 35.4 Å². The summed E-state index contributed by atoms with van der Waals surface area (Å²) in [6.45, 7) is 4.72. The van der Waals surface area contributed by atoms with Crippen molar-refractivity contribution in [3.05, 3.63) is 69.3 Å². The molecule has 190 valence electrons. The quantitative estimate of drug-likeness (QED) is 0.499. The zero-order valence-corrected chi connectivity index (χ0v) is 20.8. The number of alkyl halides is 3. The highest BCUT2D eigenvalue weighted by molar-refractivity contribution is 6.34. The largest absolute Gasteiger partial charge is 0.434 e. The number of aromatic nitrogens is 3. The van der Waals surface area contributed by atoms with Crippen molar-refractivity contribution in [3.8, 4) is 11.3 Å². The highest BCUT2D eigenvalue weighted by atomic mass is 35.5. The summed E-state index contributed by atoms with van der Waals surface area (Å²) in [5.74, 6) is 0.537. The second kappa shape index (κ2) is 8.97. The van der Waals surface area contributed by atoms with Crippen molar-refractivity contribution in [2.24, 2.45) is 11.1 Å². The molecular formula is C26H27ClF3N5O. The van der Waals surface area contributed by atoms with Gasteiger partial charge in [-0.2, -0.15) is 13.2 Å². The van der Waals surface area contributed by atoms with E-state index in [-0.39, 0.29) is 22.7 Å². The summed E-state index contributed by atoms with van der Waals surface area (Å²) >= 11 is 6.08. The van der Waals surface area contributed by atoms with Gasteiger partial charge in [0.25, 0.3) is 0 Å². The molecule has 3 N–H and O–H groups in total. The molecule has 0 saturated carbocycles. The molecule has 1 aliphatic heterocycles. The number of hydrogen-bond donors (Lipinski definition) is 2. The first-order valence-corrected chi connectivity index (χ1v) is 12.2. The molecule has 1 spiro atoms. The van der Waals surface area contributed by atoms with Gasteiger partial charge in [-0.25, -0.2) is 9.97 Å². The van der Waals surface area contributed by atoms with Crippen molar-refractivity contribution in [2.45, 2.75) is 51.9 Å². The predicted octanol–water partition coefficient (Wildman–Crippen LogP) is 5.16. The van der Waals surface area contributed by atoms with Gasteiger partial charge in [0.1, 0.15) is 5.69 Å². The Balaban J connectivity index is 1.42. The third kappa shape index (κ3) is 4.13. The average molecular weight is 518 g/mol. The average Bonchev–Trinajstić information content (AvgIpc) is 3.10. The molecule has 1 saturated heterocycles. The minimum absolute atomic E-state index is 0.0209. The van der Waals surface area contributed by atoms with E-state index in [0.29, 0.717) is 30.3 Å². The van der Waals surface area contributed by atoms with Gasteiger partial charge in [-0.05, 0) is 55.7 Å². The molecule has 1 aromatic carbocycles. The monoisotopic (exact) mass is 517 g/mol. The standard InChI is InChI=1S/C26H27ClF3N5O/c1-14-3-4-16-12-25(22(31)18(16)11-14)6-9-35(10-7-25)24-19(13-36)34-21(15(2)33-24)17-5-8-32-23(20(17)27)26(28,29)30/h3-5,8,11,22,36H,6-7,9-10,12-13,31H2,1-2H3/t22-/m1/s1. The number of anilines is 1. The summed E-state index contributed by atoms with van der Waals surface area (Å²) in [6.07, 6.45) is -0.986. The van der Waals surface area contributed by atoms with Crippen molar-refractivity contribution in [2.75, 3.05) is 18.0 Å². The Morgan fingerprint density at radius 1 is 1.17 bits per heavy atom. The minimum atomic E-state index is -4.70. The maximum atomic E-state index is 13.3. The first-order chi connectivity index (χ1) is 17.0. The van der Waals surface area contributed by atoms with Crippen LogP contribution in [0.1, 0.15) is 52.7 Å². The highest BCUT2D eigenvalue weighted by Gasteiger charge is 2.46. The van der Waals surface area contributed by atoms with Crippen LogP contribution in [-0.4, -0.2) is 33.1 Å². The Kier molecular flexibility index (Phi) is 6.21. The van der Waals surface area contributed by atoms with Crippen LogP contribution in [0.4, 0.5) is 19.0 Å². The number of nitrogens with two attached hydrogens (primary N) is 1. The van der Waals surface area contributed by atoms with E-state index in [0.717, 1.165) is 25.5 Å². The number of rotatable bonds is 3. The van der Waals surface area contributed by atoms with E-state index < -0.39 is 23.5 Å². The molecule has 2 aromatic heterocycles. The van der Waals surface area contributed by atoms with Crippen LogP contribution < -0.4 is 10.6 Å². The summed E-state index contributed by atoms with van der Waals surface area (Å²) < 4.78 is 40.0. The number of halogens is 4. The number of piperidine rings is 1. The van der Waals surface area contributed by atoms with Crippen LogP contribution in [0.2, 0.25) is 5.02 Å². The summed E-state index contributed by atoms with van der Waals surface area (Å²) in [5, 5.41) is 9.54. The second-order valence-corrected chi connectivity index (χ2v) is 10.2. The number of pyridine rings is 1. The lowest BCUT2D eigenvalue weighted by atomic mass is 9.73. The number of aliphatic hydroxyl groups excluding tert-OH is 1. The molecule has 2 aliphatic rings. The lowest BCUT2D eigenvalue weighted by molar-refractivity contribution is -0.141. The molecule has 1 aliphatic carbocycles. The topological polar surface area (TPSA) is 88.2 Å². The Hall–Kier alpha value is -2.75. The van der Waals surface area contributed by atoms with Crippen molar-refractivity contribution < 1.29 is 18.3 Å². The molecule has 10 heteroatoms. The molecule has 1 fully saturated rings. The molecule has 3 heterocycles. The Labute approximate surface area is 212 Å². The van der Waals surface area contributed by atoms with Gasteiger partial charge in [-0.3, -0.25) is 4.98 Å². The fourth-order valence-corrected chi connectivity index (χ4v) is 5.92. The SMILES string of the molecule is Cc1ccc2c(c1)[C@@H](N)C1(CCN(c3nc(C)c(-c4ccnc(C(F)(F)F)c4Cl)nc3CO)CC1)C2. The van der Waals surface area contributed by atoms with Gasteiger partial charge >= 0.3 is 6.18 Å². The summed E-state index contributed by atoms with van der Waals surface area (Å²) in [7, 11) is 0. The summed E-state index contributed by atoms with van der Waals surface area (Å²) in [6, 6.07) is 7.84. The predicted molar refractivity (Wildman–Crippen MR) is 132 cm³/mol. The van der Waals surface area contributed by atoms with Crippen LogP contribution in [0.5, 0.6) is 0 Å². The smallest absolute Gasteiger partial charge is 0.390 e. The molecule has 0 radical (unpaired) electrons. The first kappa shape index (κ1) is 24.9. The van der Waals surface area contributed by atoms with Gasteiger partial charge < -0.3 is 15.7 Å². The first-order valence-electron chi connectivity index (χ1n) is 11.8. The zero-order valence-electron chi connectivity index (χ0n) is 20.0. The molecule has 6 nitrogen and oxygen atoms in total. The van der Waals surface area contributed by atoms with Gasteiger partial charge in [0.2, 0.25) is 0 Å². The van der Waals surface area contributed by atoms with Gasteiger partial charge in [-0.15, -0.1) is 0 Å². The molecule has 0 unspecified atom stereocenters. The number of benzene rings is 1. The Bertz CT molecular complexity index is 1320. The number of aryl methyl sites for hydroxylation is 2. The van der Waals surface area contributed by atoms with Crippen LogP contribution in [0, 0.1) is 19.3 Å². The summed E-state index contributed by atoms with van der Waals surface area (Å²) in [4.78, 5) is 14.6. The van der Waals surface area contributed by atoms with E-state index in [2.05, 4.69) is 45.0 Å². The number of hydrogen-bond acceptors (Lipinski definition) is 6. The van der Waals surface area contributed by atoms with Gasteiger partial charge in [0, 0.05) is 30.9 Å². The number of aliphatic hydroxyl groups is 1. The van der Waals surface area contributed by atoms with Crippen LogP contribution in [0.3, 0.4) is 0 Å². The Morgan fingerprint density at radius 2 is 1.89 bits per heavy atom. The lowest BCUT2D eigenvalue weighted by Gasteiger charge is -2.43. The normalized spacial score (nSPS) is 19.1. The maximum absolute atomic E-state index is 13.3. The molecule has 3 aromatic rings. The van der Waals surface area contributed by atoms with E-state index >= 15 is 0 Å². The lowest BCUT2D eigenvalue weighted by Crippen LogP contribution is -2.45. The summed E-state index contributed by atoms with van der Waals surface area (Å²) in [5.41, 5.74) is 10.3. The van der Waals surface area contributed by atoms with Crippen molar-refractivity contribution in [1.29, 1.82) is 0 Å². The number of nitrogens with zero attached hydrogens (tertiary/aromatic N) is 4. The van der Waals surface area contributed by atoms with Crippen molar-refractivity contribution in [1.82, 2.24) is 15.0 Å². The molecular weight excluding hydrogens is 491 g/mol. The molecule has 1 atom stereocenters. The van der Waals surface area contributed by atoms with E-state index in [1.54, 1.807) is 6.92 Å². The van der Waals surface area contributed by atoms with Gasteiger partial charge in [0.05, 0.1) is 23.0 Å². The molecule has 5 rings (SSSR count). The van der Waals surface area contributed by atoms with Crippen molar-refractivity contribution in [3.63, 3.8) is 0 Å². The van der Waals surface area contributed by atoms with E-state index in [1.165, 1.54) is 22.8 Å². The molecule has 0 bridgehead atoms. The van der Waals surface area contributed by atoms with Gasteiger partial charge in [0.15, 0.2) is 11.5 Å². The van der Waals surface area contributed by atoms with Crippen LogP contribution in [0.15, 0.2) is 30.5 Å². The van der Waals surface area contributed by atoms with E-state index in [4.69, 9.17) is 17.3 Å². The van der Waals surface area contributed by atoms with Crippen LogP contribution >= 0.6 is 11.6 Å². The third-order valence-electron chi connectivity index (χ3n) is 7.58. The number of fused-ring (bicyclic) bond motifs is 1. The second-order valence-electron chi connectivity index (χ2n) is 9.81. The third-order valence-corrected chi connectivity index (χ3v) is 7.96. The van der Waals surface area contributed by atoms with E-state index in [1.807, 2.05) is 0 Å². The fourth-order valence-electron chi connectivity index (χ4n) is 5.62. The van der Waals surface area contributed by atoms with Crippen molar-refractivity contribution >= 4 is 17.4 Å².